The molecular weight excluding hydrogens is 302 g/mol. The Bertz CT molecular complexity index is 484. The van der Waals surface area contributed by atoms with Crippen molar-refractivity contribution >= 4 is 23.9 Å². The first-order chi connectivity index (χ1) is 11.0. The molecule has 23 heavy (non-hydrogen) atoms. The molecule has 0 radical (unpaired) electrons. The van der Waals surface area contributed by atoms with Crippen LogP contribution in [0.2, 0.25) is 0 Å². The van der Waals surface area contributed by atoms with Crippen molar-refractivity contribution < 1.29 is 29.0 Å². The number of carboxylic acid groups (broad SMARTS) is 1. The zero-order valence-electron chi connectivity index (χ0n) is 13.2. The summed E-state index contributed by atoms with van der Waals surface area (Å²) in [6, 6.07) is -1.18. The second-order valence-electron chi connectivity index (χ2n) is 5.62. The Kier molecular flexibility index (Phi) is 8.15. The average Bonchev–Trinajstić information content (AvgIpc) is 3.31. The first-order valence-electron chi connectivity index (χ1n) is 7.86. The number of Topliss-reactive ketones (excluding diaryl/α,β-unsaturated/α-hetero) is 1. The molecule has 8 nitrogen and oxygen atoms in total. The summed E-state index contributed by atoms with van der Waals surface area (Å²) < 4.78 is 5.64. The highest BCUT2D eigenvalue weighted by molar-refractivity contribution is 6.25. The van der Waals surface area contributed by atoms with Gasteiger partial charge in [0.25, 0.3) is 0 Å². The van der Waals surface area contributed by atoms with Crippen LogP contribution in [0.5, 0.6) is 0 Å². The van der Waals surface area contributed by atoms with Crippen molar-refractivity contribution in [3.63, 3.8) is 0 Å². The van der Waals surface area contributed by atoms with Gasteiger partial charge in [0.05, 0.1) is 6.10 Å². The predicted octanol–water partition coefficient (Wildman–Crippen LogP) is 0.943. The van der Waals surface area contributed by atoms with E-state index >= 15 is 0 Å². The number of nitrogens with zero attached hydrogens (tertiary/aromatic N) is 2. The number of carboxylic acids is 1. The van der Waals surface area contributed by atoms with Gasteiger partial charge in [-0.3, -0.25) is 9.59 Å². The lowest BCUT2D eigenvalue weighted by molar-refractivity contribution is -0.145. The first-order valence-corrected chi connectivity index (χ1v) is 7.86. The highest BCUT2D eigenvalue weighted by Gasteiger charge is 2.31. The van der Waals surface area contributed by atoms with Crippen molar-refractivity contribution in [2.24, 2.45) is 0 Å². The van der Waals surface area contributed by atoms with Crippen LogP contribution in [0.15, 0.2) is 0 Å². The zero-order valence-corrected chi connectivity index (χ0v) is 13.2. The summed E-state index contributed by atoms with van der Waals surface area (Å²) in [5.41, 5.74) is 8.25. The van der Waals surface area contributed by atoms with Gasteiger partial charge in [-0.1, -0.05) is 19.8 Å². The summed E-state index contributed by atoms with van der Waals surface area (Å²) in [5.74, 6) is -2.18. The Morgan fingerprint density at radius 1 is 1.39 bits per heavy atom. The molecule has 0 aromatic carbocycles. The predicted molar refractivity (Wildman–Crippen MR) is 80.9 cm³/mol. The number of aliphatic carboxylic acids is 1. The standard InChI is InChI=1S/C15H23N3O5/c1-2-3-4-13(23-11-6-7-11)14(20)18-12(15(21)22)8-5-10(19)9-17-16/h9,11-13H,2-8H2,1H3,(H,18,20)(H,21,22)/t12-,13-/m0/s1. The van der Waals surface area contributed by atoms with Crippen molar-refractivity contribution in [3.05, 3.63) is 5.53 Å². The molecule has 128 valence electrons. The number of unbranched alkanes of at least 4 members (excludes halogenated alkanes) is 1. The largest absolute Gasteiger partial charge is 0.480 e. The quantitative estimate of drug-likeness (QED) is 0.313. The van der Waals surface area contributed by atoms with Crippen LogP contribution < -0.4 is 5.32 Å². The molecule has 0 unspecified atom stereocenters. The van der Waals surface area contributed by atoms with E-state index in [1.807, 2.05) is 6.92 Å². The third kappa shape index (κ3) is 7.67. The Hall–Kier alpha value is -2.05. The fourth-order valence-electron chi connectivity index (χ4n) is 2.02. The fraction of sp³-hybridized carbons (Fsp3) is 0.733. The van der Waals surface area contributed by atoms with Gasteiger partial charge >= 0.3 is 12.2 Å². The van der Waals surface area contributed by atoms with Gasteiger partial charge in [0.2, 0.25) is 11.7 Å². The topological polar surface area (TPSA) is 129 Å². The van der Waals surface area contributed by atoms with Crippen LogP contribution in [-0.2, 0) is 19.1 Å². The van der Waals surface area contributed by atoms with E-state index in [1.165, 1.54) is 0 Å². The van der Waals surface area contributed by atoms with Gasteiger partial charge in [-0.15, -0.1) is 0 Å². The van der Waals surface area contributed by atoms with Crippen LogP contribution >= 0.6 is 0 Å². The molecular formula is C15H23N3O5. The smallest absolute Gasteiger partial charge is 0.326 e. The Labute approximate surface area is 134 Å². The molecule has 0 spiro atoms. The maximum Gasteiger partial charge on any atom is 0.326 e. The molecule has 1 aliphatic carbocycles. The SMILES string of the molecule is CCCC[C@H](OC1CC1)C(=O)N[C@@H](CCC(=O)C=[N+]=[N-])C(=O)O. The van der Waals surface area contributed by atoms with Gasteiger partial charge in [0, 0.05) is 6.42 Å². The second kappa shape index (κ2) is 9.86. The monoisotopic (exact) mass is 325 g/mol. The van der Waals surface area contributed by atoms with Gasteiger partial charge < -0.3 is 20.7 Å². The summed E-state index contributed by atoms with van der Waals surface area (Å²) in [6.45, 7) is 2.00. The second-order valence-corrected chi connectivity index (χ2v) is 5.62. The third-order valence-corrected chi connectivity index (χ3v) is 3.49. The lowest BCUT2D eigenvalue weighted by Gasteiger charge is -2.20. The molecule has 1 aliphatic rings. The molecule has 2 N–H and O–H groups in total. The Morgan fingerprint density at radius 2 is 2.09 bits per heavy atom. The number of ketones is 1. The highest BCUT2D eigenvalue weighted by Crippen LogP contribution is 2.26. The van der Waals surface area contributed by atoms with Gasteiger partial charge in [0.1, 0.15) is 12.1 Å². The summed E-state index contributed by atoms with van der Waals surface area (Å²) in [4.78, 5) is 37.3. The molecule has 1 amide bonds. The van der Waals surface area contributed by atoms with E-state index in [4.69, 9.17) is 15.4 Å². The van der Waals surface area contributed by atoms with Crippen molar-refractivity contribution in [2.45, 2.75) is 70.1 Å². The minimum absolute atomic E-state index is 0.0736. The van der Waals surface area contributed by atoms with Gasteiger partial charge in [-0.05, 0) is 25.7 Å². The Balaban J connectivity index is 2.56. The van der Waals surface area contributed by atoms with E-state index < -0.39 is 29.8 Å². The highest BCUT2D eigenvalue weighted by atomic mass is 16.5. The maximum absolute atomic E-state index is 12.2. The lowest BCUT2D eigenvalue weighted by Crippen LogP contribution is -2.46. The number of ether oxygens (including phenoxy) is 1. The van der Waals surface area contributed by atoms with Crippen LogP contribution in [0.1, 0.15) is 51.9 Å². The molecule has 0 aromatic heterocycles. The molecule has 8 heteroatoms. The molecule has 1 saturated carbocycles. The van der Waals surface area contributed by atoms with E-state index in [0.717, 1.165) is 25.7 Å². The Morgan fingerprint density at radius 3 is 2.61 bits per heavy atom. The number of carbonyl (C=O) groups excluding carboxylic acids is 2. The van der Waals surface area contributed by atoms with E-state index in [9.17, 15) is 14.4 Å². The van der Waals surface area contributed by atoms with Crippen molar-refractivity contribution in [3.8, 4) is 0 Å². The molecule has 0 saturated heterocycles. The van der Waals surface area contributed by atoms with Gasteiger partial charge in [-0.2, -0.15) is 4.79 Å². The average molecular weight is 325 g/mol. The fourth-order valence-corrected chi connectivity index (χ4v) is 2.02. The lowest BCUT2D eigenvalue weighted by atomic mass is 10.1. The van der Waals surface area contributed by atoms with Gasteiger partial charge in [0.15, 0.2) is 0 Å². The summed E-state index contributed by atoms with van der Waals surface area (Å²) in [6.07, 6.45) is 4.05. The number of hydrogen-bond donors (Lipinski definition) is 2. The number of nitrogens with one attached hydrogen (secondary N) is 1. The van der Waals surface area contributed by atoms with E-state index in [1.54, 1.807) is 0 Å². The molecule has 0 heterocycles. The number of rotatable bonds is 12. The first kappa shape index (κ1) is 19.0. The van der Waals surface area contributed by atoms with Crippen molar-refractivity contribution in [2.75, 3.05) is 0 Å². The summed E-state index contributed by atoms with van der Waals surface area (Å²) in [5, 5.41) is 11.6. The van der Waals surface area contributed by atoms with Crippen LogP contribution in [0.4, 0.5) is 0 Å². The van der Waals surface area contributed by atoms with E-state index in [0.29, 0.717) is 12.6 Å². The van der Waals surface area contributed by atoms with Crippen molar-refractivity contribution in [1.29, 1.82) is 0 Å². The summed E-state index contributed by atoms with van der Waals surface area (Å²) >= 11 is 0. The molecule has 0 aliphatic heterocycles. The van der Waals surface area contributed by atoms with Gasteiger partial charge in [-0.25, -0.2) is 4.79 Å². The molecule has 1 fully saturated rings. The van der Waals surface area contributed by atoms with E-state index in [-0.39, 0.29) is 18.9 Å². The van der Waals surface area contributed by atoms with Crippen LogP contribution in [-0.4, -0.2) is 52.0 Å². The van der Waals surface area contributed by atoms with Crippen LogP contribution in [0.3, 0.4) is 0 Å². The van der Waals surface area contributed by atoms with Crippen LogP contribution in [0, 0.1) is 0 Å². The third-order valence-electron chi connectivity index (χ3n) is 3.49. The number of hydrogen-bond acceptors (Lipinski definition) is 4. The molecule has 1 rings (SSSR count). The van der Waals surface area contributed by atoms with E-state index in [2.05, 4.69) is 10.1 Å². The number of carbonyl (C=O) groups is 3. The van der Waals surface area contributed by atoms with Crippen LogP contribution in [0.25, 0.3) is 5.53 Å². The number of amides is 1. The molecule has 0 aromatic rings. The maximum atomic E-state index is 12.2. The van der Waals surface area contributed by atoms with Crippen molar-refractivity contribution in [1.82, 2.24) is 5.32 Å². The normalized spacial score (nSPS) is 16.0. The zero-order chi connectivity index (χ0) is 17.2. The molecule has 0 bridgehead atoms. The minimum Gasteiger partial charge on any atom is -0.480 e. The molecule has 2 atom stereocenters. The summed E-state index contributed by atoms with van der Waals surface area (Å²) in [7, 11) is 0. The minimum atomic E-state index is -1.22.